The summed E-state index contributed by atoms with van der Waals surface area (Å²) in [6, 6.07) is 25.8. The van der Waals surface area contributed by atoms with Crippen LogP contribution < -0.4 is 5.32 Å². The monoisotopic (exact) mass is 456 g/mol. The van der Waals surface area contributed by atoms with Crippen molar-refractivity contribution in [2.45, 2.75) is 76.1 Å². The normalized spacial score (nSPS) is 24.0. The first-order chi connectivity index (χ1) is 16.7. The summed E-state index contributed by atoms with van der Waals surface area (Å²) in [5.74, 6) is 0.657. The number of nitrogens with zero attached hydrogens (tertiary/aromatic N) is 1. The molecule has 1 heterocycles. The van der Waals surface area contributed by atoms with Crippen LogP contribution in [0, 0.1) is 0 Å². The minimum atomic E-state index is 0.358. The zero-order valence-electron chi connectivity index (χ0n) is 20.9. The van der Waals surface area contributed by atoms with Crippen molar-refractivity contribution in [1.29, 1.82) is 0 Å². The first-order valence-corrected chi connectivity index (χ1v) is 13.3. The van der Waals surface area contributed by atoms with Crippen LogP contribution in [0.4, 0.5) is 0 Å². The van der Waals surface area contributed by atoms with Crippen LogP contribution in [0.25, 0.3) is 10.8 Å². The van der Waals surface area contributed by atoms with Gasteiger partial charge in [0.25, 0.3) is 0 Å². The minimum absolute atomic E-state index is 0.358. The van der Waals surface area contributed by atoms with Gasteiger partial charge in [-0.25, -0.2) is 0 Å². The van der Waals surface area contributed by atoms with E-state index >= 15 is 0 Å². The molecule has 4 atom stereocenters. The minimum Gasteiger partial charge on any atom is -0.377 e. The maximum absolute atomic E-state index is 5.80. The molecule has 34 heavy (non-hydrogen) atoms. The summed E-state index contributed by atoms with van der Waals surface area (Å²) >= 11 is 0. The fourth-order valence-corrected chi connectivity index (χ4v) is 6.12. The summed E-state index contributed by atoms with van der Waals surface area (Å²) in [5, 5.41) is 6.68. The van der Waals surface area contributed by atoms with Crippen LogP contribution in [0.5, 0.6) is 0 Å². The van der Waals surface area contributed by atoms with Gasteiger partial charge in [-0.2, -0.15) is 0 Å². The molecule has 180 valence electrons. The summed E-state index contributed by atoms with van der Waals surface area (Å²) in [6.45, 7) is 5.29. The summed E-state index contributed by atoms with van der Waals surface area (Å²) in [4.78, 5) is 2.40. The number of hydrogen-bond acceptors (Lipinski definition) is 3. The number of likely N-dealkylation sites (N-methyl/N-ethyl adjacent to an activating group) is 1. The van der Waals surface area contributed by atoms with E-state index in [1.807, 2.05) is 0 Å². The van der Waals surface area contributed by atoms with Gasteiger partial charge in [-0.3, -0.25) is 4.90 Å². The van der Waals surface area contributed by atoms with Gasteiger partial charge in [-0.15, -0.1) is 0 Å². The fourth-order valence-electron chi connectivity index (χ4n) is 6.12. The summed E-state index contributed by atoms with van der Waals surface area (Å²) in [6.07, 6.45) is 7.96. The molecule has 0 amide bonds. The van der Waals surface area contributed by atoms with Crippen molar-refractivity contribution >= 4 is 10.8 Å². The molecule has 3 aromatic carbocycles. The molecule has 5 rings (SSSR count). The molecule has 1 N–H and O–H groups in total. The highest BCUT2D eigenvalue weighted by molar-refractivity contribution is 5.86. The molecular weight excluding hydrogens is 416 g/mol. The van der Waals surface area contributed by atoms with Gasteiger partial charge in [0, 0.05) is 31.8 Å². The molecule has 2 aliphatic rings. The molecule has 3 nitrogen and oxygen atoms in total. The standard InChI is InChI=1S/C31H40N2O/c1-23(30-14-6-9-26-8-3-4-13-31(26)30)32-28-11-5-10-27(20-28)25-17-15-24(16-18-25)21-33(2)22-29-12-7-19-34-29/h3-4,6,8-9,13-18,23,27-29,32H,5,7,10-12,19-22H2,1-2H3/t23-,27?,28?,29?/m1/s1. The predicted octanol–water partition coefficient (Wildman–Crippen LogP) is 6.83. The predicted molar refractivity (Wildman–Crippen MR) is 142 cm³/mol. The van der Waals surface area contributed by atoms with Gasteiger partial charge < -0.3 is 10.1 Å². The second-order valence-electron chi connectivity index (χ2n) is 10.6. The van der Waals surface area contributed by atoms with Gasteiger partial charge in [0.15, 0.2) is 0 Å². The second kappa shape index (κ2) is 11.0. The Morgan fingerprint density at radius 2 is 1.76 bits per heavy atom. The lowest BCUT2D eigenvalue weighted by atomic mass is 9.80. The Kier molecular flexibility index (Phi) is 7.63. The Morgan fingerprint density at radius 1 is 0.941 bits per heavy atom. The van der Waals surface area contributed by atoms with Crippen molar-refractivity contribution in [3.63, 3.8) is 0 Å². The Labute approximate surface area is 205 Å². The highest BCUT2D eigenvalue weighted by atomic mass is 16.5. The lowest BCUT2D eigenvalue weighted by Crippen LogP contribution is -2.35. The maximum Gasteiger partial charge on any atom is 0.0702 e. The SMILES string of the molecule is C[C@@H](NC1CCCC(c2ccc(CN(C)CC3CCCO3)cc2)C1)c1cccc2ccccc12. The fraction of sp³-hybridized carbons (Fsp3) is 0.484. The van der Waals surface area contributed by atoms with Crippen LogP contribution in [0.1, 0.15) is 74.1 Å². The van der Waals surface area contributed by atoms with Crippen LogP contribution in [0.3, 0.4) is 0 Å². The maximum atomic E-state index is 5.80. The highest BCUT2D eigenvalue weighted by Gasteiger charge is 2.25. The third-order valence-corrected chi connectivity index (χ3v) is 7.89. The molecule has 1 aliphatic carbocycles. The van der Waals surface area contributed by atoms with E-state index in [1.54, 1.807) is 0 Å². The lowest BCUT2D eigenvalue weighted by Gasteiger charge is -2.33. The van der Waals surface area contributed by atoms with Gasteiger partial charge in [-0.1, -0.05) is 73.2 Å². The number of benzene rings is 3. The van der Waals surface area contributed by atoms with Gasteiger partial charge in [-0.05, 0) is 79.5 Å². The molecule has 3 heteroatoms. The molecule has 0 aromatic heterocycles. The zero-order chi connectivity index (χ0) is 23.3. The quantitative estimate of drug-likeness (QED) is 0.402. The molecule has 1 aliphatic heterocycles. The third kappa shape index (κ3) is 5.71. The Hall–Kier alpha value is -2.20. The summed E-state index contributed by atoms with van der Waals surface area (Å²) in [5.41, 5.74) is 4.32. The van der Waals surface area contributed by atoms with E-state index in [-0.39, 0.29) is 0 Å². The average Bonchev–Trinajstić information content (AvgIpc) is 3.37. The van der Waals surface area contributed by atoms with E-state index < -0.39 is 0 Å². The van der Waals surface area contributed by atoms with Crippen LogP contribution in [0.2, 0.25) is 0 Å². The Balaban J connectivity index is 1.18. The molecule has 3 aromatic rings. The van der Waals surface area contributed by atoms with Crippen molar-refractivity contribution in [2.24, 2.45) is 0 Å². The van der Waals surface area contributed by atoms with Crippen molar-refractivity contribution < 1.29 is 4.74 Å². The Morgan fingerprint density at radius 3 is 2.59 bits per heavy atom. The molecule has 0 radical (unpaired) electrons. The van der Waals surface area contributed by atoms with Crippen LogP contribution >= 0.6 is 0 Å². The first kappa shape index (κ1) is 23.5. The van der Waals surface area contributed by atoms with Crippen molar-refractivity contribution in [1.82, 2.24) is 10.2 Å². The number of fused-ring (bicyclic) bond motifs is 1. The lowest BCUT2D eigenvalue weighted by molar-refractivity contribution is 0.0793. The van der Waals surface area contributed by atoms with Crippen molar-refractivity contribution in [3.8, 4) is 0 Å². The third-order valence-electron chi connectivity index (χ3n) is 7.89. The van der Waals surface area contributed by atoms with Gasteiger partial charge >= 0.3 is 0 Å². The van der Waals surface area contributed by atoms with Gasteiger partial charge in [0.05, 0.1) is 6.10 Å². The zero-order valence-corrected chi connectivity index (χ0v) is 20.9. The van der Waals surface area contributed by atoms with Gasteiger partial charge in [0.1, 0.15) is 0 Å². The summed E-state index contributed by atoms with van der Waals surface area (Å²) in [7, 11) is 2.21. The molecular formula is C31H40N2O. The smallest absolute Gasteiger partial charge is 0.0702 e. The molecule has 1 saturated carbocycles. The molecule has 1 saturated heterocycles. The van der Waals surface area contributed by atoms with Crippen LogP contribution in [-0.2, 0) is 11.3 Å². The van der Waals surface area contributed by atoms with E-state index in [9.17, 15) is 0 Å². The number of ether oxygens (including phenoxy) is 1. The summed E-state index contributed by atoms with van der Waals surface area (Å²) < 4.78 is 5.80. The van der Waals surface area contributed by atoms with E-state index in [0.717, 1.165) is 19.7 Å². The first-order valence-electron chi connectivity index (χ1n) is 13.3. The number of rotatable bonds is 8. The van der Waals surface area contributed by atoms with Crippen molar-refractivity contribution in [2.75, 3.05) is 20.2 Å². The molecule has 2 fully saturated rings. The topological polar surface area (TPSA) is 24.5 Å². The average molecular weight is 457 g/mol. The molecule has 3 unspecified atom stereocenters. The van der Waals surface area contributed by atoms with E-state index in [0.29, 0.717) is 24.1 Å². The van der Waals surface area contributed by atoms with E-state index in [2.05, 4.69) is 90.9 Å². The highest BCUT2D eigenvalue weighted by Crippen LogP contribution is 2.34. The second-order valence-corrected chi connectivity index (χ2v) is 10.6. The molecule has 0 spiro atoms. The Bertz CT molecular complexity index is 1050. The van der Waals surface area contributed by atoms with E-state index in [4.69, 9.17) is 4.74 Å². The van der Waals surface area contributed by atoms with Gasteiger partial charge in [0.2, 0.25) is 0 Å². The number of nitrogens with one attached hydrogen (secondary N) is 1. The van der Waals surface area contributed by atoms with Crippen LogP contribution in [0.15, 0.2) is 66.7 Å². The van der Waals surface area contributed by atoms with Crippen molar-refractivity contribution in [3.05, 3.63) is 83.4 Å². The van der Waals surface area contributed by atoms with Crippen LogP contribution in [-0.4, -0.2) is 37.2 Å². The largest absolute Gasteiger partial charge is 0.377 e. The number of hydrogen-bond donors (Lipinski definition) is 1. The van der Waals surface area contributed by atoms with E-state index in [1.165, 1.54) is 66.0 Å². The molecule has 0 bridgehead atoms.